The van der Waals surface area contributed by atoms with Crippen molar-refractivity contribution in [2.75, 3.05) is 0 Å². The summed E-state index contributed by atoms with van der Waals surface area (Å²) in [5.41, 5.74) is 0. The van der Waals surface area contributed by atoms with Crippen molar-refractivity contribution in [2.24, 2.45) is 0 Å². The van der Waals surface area contributed by atoms with Gasteiger partial charge in [0, 0.05) is 0 Å². The number of hydrogen-bond donors (Lipinski definition) is 2. The van der Waals surface area contributed by atoms with Gasteiger partial charge in [0.25, 0.3) is 0 Å². The van der Waals surface area contributed by atoms with Gasteiger partial charge in [-0.1, -0.05) is 0 Å². The van der Waals surface area contributed by atoms with E-state index in [9.17, 15) is 13.2 Å². The van der Waals surface area contributed by atoms with Gasteiger partial charge in [0.1, 0.15) is 0 Å². The van der Waals surface area contributed by atoms with Gasteiger partial charge >= 0.3 is 6.18 Å². The third kappa shape index (κ3) is 2.67. The molecule has 0 saturated heterocycles. The first-order chi connectivity index (χ1) is 3.85. The third-order valence-corrected chi connectivity index (χ3v) is 0.792. The second kappa shape index (κ2) is 2.53. The van der Waals surface area contributed by atoms with Gasteiger partial charge in [-0.05, 0) is 6.92 Å². The maximum atomic E-state index is 11.3. The molecule has 2 nitrogen and oxygen atoms in total. The third-order valence-electron chi connectivity index (χ3n) is 0.792. The van der Waals surface area contributed by atoms with Crippen LogP contribution in [0.2, 0.25) is 0 Å². The Hall–Kier alpha value is -0.290. The number of aliphatic hydroxyl groups excluding tert-OH is 2. The Morgan fingerprint density at radius 3 is 1.56 bits per heavy atom. The predicted octanol–water partition coefficient (Wildman–Crippen LogP) is 0.290. The summed E-state index contributed by atoms with van der Waals surface area (Å²) in [5.74, 6) is 0. The molecule has 0 radical (unpaired) electrons. The molecule has 0 unspecified atom stereocenters. The monoisotopic (exact) mass is 144 g/mol. The molecule has 2 atom stereocenters. The molecule has 0 saturated carbocycles. The zero-order valence-corrected chi connectivity index (χ0v) is 4.68. The Balaban J connectivity index is 3.88. The summed E-state index contributed by atoms with van der Waals surface area (Å²) in [6.07, 6.45) is -9.10. The second-order valence-corrected chi connectivity index (χ2v) is 1.73. The summed E-state index contributed by atoms with van der Waals surface area (Å²) in [5, 5.41) is 16.3. The molecule has 56 valence electrons. The van der Waals surface area contributed by atoms with Crippen molar-refractivity contribution >= 4 is 0 Å². The quantitative estimate of drug-likeness (QED) is 0.555. The van der Waals surface area contributed by atoms with E-state index in [-0.39, 0.29) is 0 Å². The molecule has 0 fully saturated rings. The number of halogens is 3. The fraction of sp³-hybridized carbons (Fsp3) is 1.00. The van der Waals surface area contributed by atoms with Crippen LogP contribution in [0.4, 0.5) is 13.2 Å². The summed E-state index contributed by atoms with van der Waals surface area (Å²) in [6, 6.07) is 0. The van der Waals surface area contributed by atoms with Crippen molar-refractivity contribution in [3.05, 3.63) is 0 Å². The fourth-order valence-electron chi connectivity index (χ4n) is 0.273. The van der Waals surface area contributed by atoms with E-state index in [1.54, 1.807) is 0 Å². The fourth-order valence-corrected chi connectivity index (χ4v) is 0.273. The highest BCUT2D eigenvalue weighted by Gasteiger charge is 2.41. The molecule has 0 aliphatic rings. The molecule has 0 heterocycles. The van der Waals surface area contributed by atoms with Gasteiger partial charge in [-0.2, -0.15) is 13.2 Å². The van der Waals surface area contributed by atoms with Gasteiger partial charge in [-0.15, -0.1) is 0 Å². The zero-order valence-electron chi connectivity index (χ0n) is 4.68. The van der Waals surface area contributed by atoms with Crippen LogP contribution in [0.15, 0.2) is 0 Å². The molecule has 2 N–H and O–H groups in total. The standard InChI is InChI=1S/C4H7F3O2/c1-2(8)3(9)4(5,6)7/h2-3,8-9H,1H3/t2-,3+/m0/s1. The Bertz CT molecular complexity index is 88.3. The Kier molecular flexibility index (Phi) is 2.45. The molecular formula is C4H7F3O2. The van der Waals surface area contributed by atoms with Gasteiger partial charge in [0.15, 0.2) is 6.10 Å². The number of rotatable bonds is 1. The first-order valence-electron chi connectivity index (χ1n) is 2.28. The molecular weight excluding hydrogens is 137 g/mol. The lowest BCUT2D eigenvalue weighted by Crippen LogP contribution is -2.37. The van der Waals surface area contributed by atoms with Crippen molar-refractivity contribution < 1.29 is 23.4 Å². The molecule has 0 bridgehead atoms. The zero-order chi connectivity index (χ0) is 7.65. The minimum atomic E-state index is -4.71. The number of hydrogen-bond acceptors (Lipinski definition) is 2. The summed E-state index contributed by atoms with van der Waals surface area (Å²) in [6.45, 7) is 0.873. The first kappa shape index (κ1) is 8.71. The van der Waals surface area contributed by atoms with Gasteiger partial charge in [-0.3, -0.25) is 0 Å². The highest BCUT2D eigenvalue weighted by molar-refractivity contribution is 4.69. The van der Waals surface area contributed by atoms with E-state index in [0.717, 1.165) is 6.92 Å². The van der Waals surface area contributed by atoms with Crippen molar-refractivity contribution in [3.63, 3.8) is 0 Å². The van der Waals surface area contributed by atoms with Crippen LogP contribution in [0.5, 0.6) is 0 Å². The van der Waals surface area contributed by atoms with E-state index in [1.807, 2.05) is 0 Å². The molecule has 0 aromatic rings. The predicted molar refractivity (Wildman–Crippen MR) is 23.7 cm³/mol. The molecule has 0 aromatic heterocycles. The summed E-state index contributed by atoms with van der Waals surface area (Å²) in [7, 11) is 0. The van der Waals surface area contributed by atoms with Gasteiger partial charge in [0.2, 0.25) is 0 Å². The lowest BCUT2D eigenvalue weighted by molar-refractivity contribution is -0.227. The van der Waals surface area contributed by atoms with Crippen molar-refractivity contribution in [1.29, 1.82) is 0 Å². The van der Waals surface area contributed by atoms with Crippen molar-refractivity contribution in [3.8, 4) is 0 Å². The molecule has 0 rings (SSSR count). The van der Waals surface area contributed by atoms with E-state index in [0.29, 0.717) is 0 Å². The van der Waals surface area contributed by atoms with E-state index in [2.05, 4.69) is 0 Å². The second-order valence-electron chi connectivity index (χ2n) is 1.73. The van der Waals surface area contributed by atoms with Crippen LogP contribution in [0, 0.1) is 0 Å². The van der Waals surface area contributed by atoms with Gasteiger partial charge < -0.3 is 10.2 Å². The topological polar surface area (TPSA) is 40.5 Å². The van der Waals surface area contributed by atoms with E-state index >= 15 is 0 Å². The van der Waals surface area contributed by atoms with Crippen LogP contribution in [0.1, 0.15) is 6.92 Å². The highest BCUT2D eigenvalue weighted by atomic mass is 19.4. The van der Waals surface area contributed by atoms with E-state index in [1.165, 1.54) is 0 Å². The molecule has 0 aliphatic heterocycles. The average molecular weight is 144 g/mol. The van der Waals surface area contributed by atoms with Crippen molar-refractivity contribution in [2.45, 2.75) is 25.3 Å². The molecule has 0 aromatic carbocycles. The molecule has 0 amide bonds. The van der Waals surface area contributed by atoms with Crippen LogP contribution >= 0.6 is 0 Å². The van der Waals surface area contributed by atoms with Gasteiger partial charge in [0.05, 0.1) is 6.10 Å². The van der Waals surface area contributed by atoms with Crippen LogP contribution in [0.25, 0.3) is 0 Å². The molecule has 5 heteroatoms. The Morgan fingerprint density at radius 2 is 1.56 bits per heavy atom. The van der Waals surface area contributed by atoms with Crippen LogP contribution in [-0.4, -0.2) is 28.6 Å². The lowest BCUT2D eigenvalue weighted by Gasteiger charge is -2.16. The normalized spacial score (nSPS) is 19.3. The molecule has 9 heavy (non-hydrogen) atoms. The Morgan fingerprint density at radius 1 is 1.22 bits per heavy atom. The maximum Gasteiger partial charge on any atom is 0.416 e. The van der Waals surface area contributed by atoms with Gasteiger partial charge in [-0.25, -0.2) is 0 Å². The van der Waals surface area contributed by atoms with Crippen molar-refractivity contribution in [1.82, 2.24) is 0 Å². The summed E-state index contributed by atoms with van der Waals surface area (Å²) >= 11 is 0. The SMILES string of the molecule is C[C@H](O)[C@@H](O)C(F)(F)F. The maximum absolute atomic E-state index is 11.3. The minimum absolute atomic E-state index is 0.873. The minimum Gasteiger partial charge on any atom is -0.390 e. The van der Waals surface area contributed by atoms with Crippen LogP contribution < -0.4 is 0 Å². The lowest BCUT2D eigenvalue weighted by atomic mass is 10.2. The number of aliphatic hydroxyl groups is 2. The largest absolute Gasteiger partial charge is 0.416 e. The molecule has 0 spiro atoms. The summed E-state index contributed by atoms with van der Waals surface area (Å²) < 4.78 is 33.9. The average Bonchev–Trinajstić information content (AvgIpc) is 1.62. The first-order valence-corrected chi connectivity index (χ1v) is 2.28. The summed E-state index contributed by atoms with van der Waals surface area (Å²) in [4.78, 5) is 0. The number of alkyl halides is 3. The Labute approximate surface area is 49.9 Å². The van der Waals surface area contributed by atoms with E-state index in [4.69, 9.17) is 10.2 Å². The van der Waals surface area contributed by atoms with Crippen LogP contribution in [0.3, 0.4) is 0 Å². The van der Waals surface area contributed by atoms with E-state index < -0.39 is 18.4 Å². The molecule has 0 aliphatic carbocycles. The highest BCUT2D eigenvalue weighted by Crippen LogP contribution is 2.21. The van der Waals surface area contributed by atoms with Crippen LogP contribution in [-0.2, 0) is 0 Å². The smallest absolute Gasteiger partial charge is 0.390 e.